The van der Waals surface area contributed by atoms with Crippen LogP contribution in [0.15, 0.2) is 53.5 Å². The molecule has 4 aromatic rings. The second-order valence-corrected chi connectivity index (χ2v) is 5.54. The molecular weight excluding hydrogens is 274 g/mol. The first-order valence-corrected chi connectivity index (χ1v) is 7.22. The number of nitrogens with one attached hydrogen (secondary N) is 1. The number of benzene rings is 2. The Balaban J connectivity index is 2.04. The lowest BCUT2D eigenvalue weighted by Gasteiger charge is -2.05. The van der Waals surface area contributed by atoms with E-state index in [9.17, 15) is 4.79 Å². The maximum absolute atomic E-state index is 11.8. The van der Waals surface area contributed by atoms with Crippen LogP contribution in [0.2, 0.25) is 0 Å². The molecule has 0 saturated heterocycles. The van der Waals surface area contributed by atoms with Gasteiger partial charge in [-0.15, -0.1) is 0 Å². The van der Waals surface area contributed by atoms with Gasteiger partial charge in [0.25, 0.3) is 5.56 Å². The number of H-pyrrole nitrogens is 1. The van der Waals surface area contributed by atoms with E-state index in [1.807, 2.05) is 41.9 Å². The highest BCUT2D eigenvalue weighted by atomic mass is 16.1. The third-order valence-corrected chi connectivity index (χ3v) is 4.09. The summed E-state index contributed by atoms with van der Waals surface area (Å²) < 4.78 is 1.94. The van der Waals surface area contributed by atoms with Crippen molar-refractivity contribution in [2.75, 3.05) is 0 Å². The van der Waals surface area contributed by atoms with Crippen molar-refractivity contribution in [3.05, 3.63) is 70.3 Å². The van der Waals surface area contributed by atoms with Crippen LogP contribution in [0.4, 0.5) is 0 Å². The lowest BCUT2D eigenvalue weighted by atomic mass is 10.1. The van der Waals surface area contributed by atoms with Gasteiger partial charge < -0.3 is 4.98 Å². The third-order valence-electron chi connectivity index (χ3n) is 4.09. The van der Waals surface area contributed by atoms with E-state index in [0.29, 0.717) is 5.39 Å². The number of aromatic amines is 1. The van der Waals surface area contributed by atoms with Gasteiger partial charge in [-0.1, -0.05) is 12.1 Å². The molecule has 0 radical (unpaired) electrons. The van der Waals surface area contributed by atoms with Crippen LogP contribution in [0.1, 0.15) is 11.3 Å². The quantitative estimate of drug-likeness (QED) is 0.583. The van der Waals surface area contributed by atoms with Gasteiger partial charge in [0.2, 0.25) is 0 Å². The summed E-state index contributed by atoms with van der Waals surface area (Å²) in [5, 5.41) is 7.47. The van der Waals surface area contributed by atoms with Crippen molar-refractivity contribution in [1.82, 2.24) is 14.8 Å². The number of hydrogen-bond donors (Lipinski definition) is 1. The van der Waals surface area contributed by atoms with Crippen molar-refractivity contribution < 1.29 is 0 Å². The molecule has 22 heavy (non-hydrogen) atoms. The van der Waals surface area contributed by atoms with Gasteiger partial charge in [-0.2, -0.15) is 5.10 Å². The van der Waals surface area contributed by atoms with E-state index >= 15 is 0 Å². The predicted molar refractivity (Wildman–Crippen MR) is 88.7 cm³/mol. The van der Waals surface area contributed by atoms with Crippen molar-refractivity contribution in [2.45, 2.75) is 13.8 Å². The fraction of sp³-hybridized carbons (Fsp3) is 0.111. The molecule has 2 heterocycles. The minimum Gasteiger partial charge on any atom is -0.329 e. The molecule has 0 amide bonds. The lowest BCUT2D eigenvalue weighted by molar-refractivity contribution is 0.890. The largest absolute Gasteiger partial charge is 0.329 e. The van der Waals surface area contributed by atoms with Crippen LogP contribution in [-0.2, 0) is 0 Å². The van der Waals surface area contributed by atoms with Crippen LogP contribution in [0, 0.1) is 13.8 Å². The second kappa shape index (κ2) is 4.56. The zero-order valence-electron chi connectivity index (χ0n) is 12.4. The first-order chi connectivity index (χ1) is 10.6. The highest BCUT2D eigenvalue weighted by Crippen LogP contribution is 2.25. The molecule has 0 aliphatic heterocycles. The lowest BCUT2D eigenvalue weighted by Crippen LogP contribution is -2.05. The summed E-state index contributed by atoms with van der Waals surface area (Å²) in [7, 11) is 0. The van der Waals surface area contributed by atoms with E-state index in [2.05, 4.69) is 29.1 Å². The fourth-order valence-electron chi connectivity index (χ4n) is 3.06. The summed E-state index contributed by atoms with van der Waals surface area (Å²) in [6.07, 6.45) is 1.67. The SMILES string of the molecule is Cc1cccc2c1c(C)nn2-c1ccc2c(=O)[nH]ccc2c1. The maximum atomic E-state index is 11.8. The van der Waals surface area contributed by atoms with E-state index < -0.39 is 0 Å². The molecule has 0 atom stereocenters. The molecule has 0 fully saturated rings. The first kappa shape index (κ1) is 12.8. The summed E-state index contributed by atoms with van der Waals surface area (Å²) in [6.45, 7) is 4.12. The Morgan fingerprint density at radius 1 is 1.09 bits per heavy atom. The highest BCUT2D eigenvalue weighted by molar-refractivity contribution is 5.88. The van der Waals surface area contributed by atoms with Crippen LogP contribution in [-0.4, -0.2) is 14.8 Å². The topological polar surface area (TPSA) is 50.7 Å². The number of rotatable bonds is 1. The van der Waals surface area contributed by atoms with E-state index in [1.54, 1.807) is 6.20 Å². The average molecular weight is 289 g/mol. The Bertz CT molecular complexity index is 1070. The van der Waals surface area contributed by atoms with Gasteiger partial charge in [0.05, 0.1) is 16.9 Å². The van der Waals surface area contributed by atoms with Crippen molar-refractivity contribution >= 4 is 21.7 Å². The molecule has 4 rings (SSSR count). The van der Waals surface area contributed by atoms with Crippen LogP contribution >= 0.6 is 0 Å². The van der Waals surface area contributed by atoms with E-state index in [0.717, 1.165) is 22.3 Å². The number of aromatic nitrogens is 3. The summed E-state index contributed by atoms with van der Waals surface area (Å²) in [5.41, 5.74) is 4.21. The highest BCUT2D eigenvalue weighted by Gasteiger charge is 2.11. The Morgan fingerprint density at radius 3 is 2.82 bits per heavy atom. The molecule has 108 valence electrons. The van der Waals surface area contributed by atoms with Crippen LogP contribution in [0.5, 0.6) is 0 Å². The fourth-order valence-corrected chi connectivity index (χ4v) is 3.06. The van der Waals surface area contributed by atoms with Crippen molar-refractivity contribution in [3.8, 4) is 5.69 Å². The van der Waals surface area contributed by atoms with Gasteiger partial charge in [-0.25, -0.2) is 4.68 Å². The van der Waals surface area contributed by atoms with Crippen LogP contribution in [0.25, 0.3) is 27.4 Å². The molecule has 4 heteroatoms. The number of hydrogen-bond acceptors (Lipinski definition) is 2. The maximum Gasteiger partial charge on any atom is 0.255 e. The molecule has 0 aliphatic rings. The summed E-state index contributed by atoms with van der Waals surface area (Å²) in [5.74, 6) is 0. The number of nitrogens with zero attached hydrogens (tertiary/aromatic N) is 2. The van der Waals surface area contributed by atoms with Crippen molar-refractivity contribution in [2.24, 2.45) is 0 Å². The van der Waals surface area contributed by atoms with Crippen LogP contribution < -0.4 is 5.56 Å². The Morgan fingerprint density at radius 2 is 1.95 bits per heavy atom. The summed E-state index contributed by atoms with van der Waals surface area (Å²) in [6, 6.07) is 13.9. The molecule has 0 bridgehead atoms. The molecule has 0 spiro atoms. The summed E-state index contributed by atoms with van der Waals surface area (Å²) >= 11 is 0. The van der Waals surface area contributed by atoms with E-state index in [-0.39, 0.29) is 5.56 Å². The normalized spacial score (nSPS) is 11.4. The smallest absolute Gasteiger partial charge is 0.255 e. The van der Waals surface area contributed by atoms with E-state index in [1.165, 1.54) is 10.9 Å². The molecule has 2 aromatic heterocycles. The monoisotopic (exact) mass is 289 g/mol. The Kier molecular flexibility index (Phi) is 2.66. The summed E-state index contributed by atoms with van der Waals surface area (Å²) in [4.78, 5) is 14.5. The van der Waals surface area contributed by atoms with Crippen LogP contribution in [0.3, 0.4) is 0 Å². The van der Waals surface area contributed by atoms with Gasteiger partial charge in [0, 0.05) is 17.0 Å². The zero-order valence-corrected chi connectivity index (χ0v) is 12.4. The molecule has 4 nitrogen and oxygen atoms in total. The van der Waals surface area contributed by atoms with E-state index in [4.69, 9.17) is 0 Å². The predicted octanol–water partition coefficient (Wildman–Crippen LogP) is 3.48. The first-order valence-electron chi connectivity index (χ1n) is 7.22. The molecule has 0 aliphatic carbocycles. The van der Waals surface area contributed by atoms with Gasteiger partial charge in [-0.3, -0.25) is 4.79 Å². The van der Waals surface area contributed by atoms with Gasteiger partial charge >= 0.3 is 0 Å². The Hall–Kier alpha value is -2.88. The molecular formula is C18H15N3O. The van der Waals surface area contributed by atoms with Gasteiger partial charge in [0.15, 0.2) is 0 Å². The minimum absolute atomic E-state index is 0.0681. The standard InChI is InChI=1S/C18H15N3O/c1-11-4-3-5-16-17(11)12(2)20-21(16)14-6-7-15-13(10-14)8-9-19-18(15)22/h3-10H,1-2H3,(H,19,22). The second-order valence-electron chi connectivity index (χ2n) is 5.54. The van der Waals surface area contributed by atoms with Gasteiger partial charge in [0.1, 0.15) is 0 Å². The Labute approximate surface area is 127 Å². The average Bonchev–Trinajstić information content (AvgIpc) is 2.86. The van der Waals surface area contributed by atoms with Crippen molar-refractivity contribution in [1.29, 1.82) is 0 Å². The number of pyridine rings is 1. The van der Waals surface area contributed by atoms with Crippen molar-refractivity contribution in [3.63, 3.8) is 0 Å². The zero-order chi connectivity index (χ0) is 15.3. The number of aryl methyl sites for hydroxylation is 2. The molecule has 0 saturated carbocycles. The van der Waals surface area contributed by atoms with Gasteiger partial charge in [-0.05, 0) is 55.1 Å². The molecule has 0 unspecified atom stereocenters. The molecule has 2 aromatic carbocycles. The third kappa shape index (κ3) is 1.77. The molecule has 1 N–H and O–H groups in total. The minimum atomic E-state index is -0.0681. The number of fused-ring (bicyclic) bond motifs is 2.